The first-order chi connectivity index (χ1) is 13.8. The first-order valence-electron chi connectivity index (χ1n) is 8.77. The standard InChI is InChI=1S/C19H14ClF3N4O2/c20-15-7-6-12(10-24-15)18(28)27-8-2-5-14(27)17-25-16(26-29-17)11-3-1-4-13(9-11)19(21,22)23/h1,3-4,6-7,9-10,14H,2,5,8H2/t14-/m0/s1. The SMILES string of the molecule is O=C(c1ccc(Cl)nc1)N1CCC[C@H]1c1nc(-c2cccc(C(F)(F)F)c2)no1. The highest BCUT2D eigenvalue weighted by atomic mass is 35.5. The zero-order valence-corrected chi connectivity index (χ0v) is 15.6. The molecule has 1 amide bonds. The van der Waals surface area contributed by atoms with Gasteiger partial charge in [0.1, 0.15) is 11.2 Å². The van der Waals surface area contributed by atoms with Crippen LogP contribution in [0.3, 0.4) is 0 Å². The second kappa shape index (κ2) is 7.47. The Morgan fingerprint density at radius 2 is 2.07 bits per heavy atom. The lowest BCUT2D eigenvalue weighted by atomic mass is 10.1. The number of nitrogens with zero attached hydrogens (tertiary/aromatic N) is 4. The molecule has 2 aromatic heterocycles. The molecule has 0 spiro atoms. The normalized spacial score (nSPS) is 17.0. The molecule has 10 heteroatoms. The van der Waals surface area contributed by atoms with Crippen molar-refractivity contribution in [1.29, 1.82) is 0 Å². The van der Waals surface area contributed by atoms with Gasteiger partial charge in [0.25, 0.3) is 5.91 Å². The second-order valence-corrected chi connectivity index (χ2v) is 6.95. The van der Waals surface area contributed by atoms with Gasteiger partial charge in [0, 0.05) is 18.3 Å². The van der Waals surface area contributed by atoms with E-state index in [0.717, 1.165) is 18.6 Å². The molecule has 1 aromatic carbocycles. The number of aromatic nitrogens is 3. The summed E-state index contributed by atoms with van der Waals surface area (Å²) in [6.45, 7) is 0.493. The van der Waals surface area contributed by atoms with Crippen molar-refractivity contribution in [2.45, 2.75) is 25.1 Å². The Morgan fingerprint density at radius 3 is 2.79 bits per heavy atom. The number of rotatable bonds is 3. The summed E-state index contributed by atoms with van der Waals surface area (Å²) in [7, 11) is 0. The third-order valence-electron chi connectivity index (χ3n) is 4.66. The summed E-state index contributed by atoms with van der Waals surface area (Å²) in [5, 5.41) is 4.09. The van der Waals surface area contributed by atoms with E-state index < -0.39 is 17.8 Å². The van der Waals surface area contributed by atoms with Gasteiger partial charge in [-0.3, -0.25) is 4.79 Å². The van der Waals surface area contributed by atoms with Crippen LogP contribution in [0.1, 0.15) is 40.7 Å². The van der Waals surface area contributed by atoms with Crippen LogP contribution < -0.4 is 0 Å². The van der Waals surface area contributed by atoms with Gasteiger partial charge in [-0.15, -0.1) is 0 Å². The molecule has 1 atom stereocenters. The van der Waals surface area contributed by atoms with E-state index in [2.05, 4.69) is 15.1 Å². The van der Waals surface area contributed by atoms with Crippen molar-refractivity contribution < 1.29 is 22.5 Å². The fourth-order valence-electron chi connectivity index (χ4n) is 3.26. The number of alkyl halides is 3. The van der Waals surface area contributed by atoms with Crippen molar-refractivity contribution in [3.05, 3.63) is 64.8 Å². The Bertz CT molecular complexity index is 1040. The van der Waals surface area contributed by atoms with Crippen LogP contribution in [-0.2, 0) is 6.18 Å². The van der Waals surface area contributed by atoms with E-state index >= 15 is 0 Å². The molecule has 3 aromatic rings. The Balaban J connectivity index is 1.59. The smallest absolute Gasteiger partial charge is 0.337 e. The predicted octanol–water partition coefficient (Wildman–Crippen LogP) is 4.78. The number of pyridine rings is 1. The molecule has 1 fully saturated rings. The zero-order valence-electron chi connectivity index (χ0n) is 14.9. The number of halogens is 4. The van der Waals surface area contributed by atoms with Crippen LogP contribution in [0.25, 0.3) is 11.4 Å². The summed E-state index contributed by atoms with van der Waals surface area (Å²) >= 11 is 5.76. The van der Waals surface area contributed by atoms with E-state index in [1.807, 2.05) is 0 Å². The van der Waals surface area contributed by atoms with Crippen molar-refractivity contribution in [1.82, 2.24) is 20.0 Å². The van der Waals surface area contributed by atoms with E-state index in [-0.39, 0.29) is 28.3 Å². The molecule has 29 heavy (non-hydrogen) atoms. The van der Waals surface area contributed by atoms with Gasteiger partial charge in [0.2, 0.25) is 11.7 Å². The van der Waals surface area contributed by atoms with Crippen LogP contribution in [0.4, 0.5) is 13.2 Å². The average molecular weight is 423 g/mol. The Kier molecular flexibility index (Phi) is 4.99. The number of carbonyl (C=O) groups excluding carboxylic acids is 1. The van der Waals surface area contributed by atoms with Gasteiger partial charge in [0.15, 0.2) is 0 Å². The number of benzene rings is 1. The van der Waals surface area contributed by atoms with Crippen LogP contribution >= 0.6 is 11.6 Å². The Morgan fingerprint density at radius 1 is 1.24 bits per heavy atom. The fraction of sp³-hybridized carbons (Fsp3) is 0.263. The highest BCUT2D eigenvalue weighted by molar-refractivity contribution is 6.29. The van der Waals surface area contributed by atoms with Crippen LogP contribution in [0.5, 0.6) is 0 Å². The Hall–Kier alpha value is -2.94. The summed E-state index contributed by atoms with van der Waals surface area (Å²) in [5.74, 6) is -0.0285. The van der Waals surface area contributed by atoms with Crippen LogP contribution in [0, 0.1) is 0 Å². The second-order valence-electron chi connectivity index (χ2n) is 6.56. The molecule has 4 rings (SSSR count). The highest BCUT2D eigenvalue weighted by Gasteiger charge is 2.35. The molecule has 0 saturated carbocycles. The molecule has 6 nitrogen and oxygen atoms in total. The van der Waals surface area contributed by atoms with Gasteiger partial charge in [-0.2, -0.15) is 18.2 Å². The molecule has 0 radical (unpaired) electrons. The molecule has 3 heterocycles. The van der Waals surface area contributed by atoms with E-state index in [1.54, 1.807) is 11.0 Å². The summed E-state index contributed by atoms with van der Waals surface area (Å²) in [6, 6.07) is 7.35. The fourth-order valence-corrected chi connectivity index (χ4v) is 3.37. The topological polar surface area (TPSA) is 72.1 Å². The average Bonchev–Trinajstić information content (AvgIpc) is 3.37. The monoisotopic (exact) mass is 422 g/mol. The van der Waals surface area contributed by atoms with Gasteiger partial charge in [-0.05, 0) is 37.1 Å². The first kappa shape index (κ1) is 19.4. The molecule has 1 aliphatic rings. The van der Waals surface area contributed by atoms with Crippen LogP contribution in [-0.4, -0.2) is 32.5 Å². The van der Waals surface area contributed by atoms with Crippen molar-refractivity contribution in [3.63, 3.8) is 0 Å². The number of amides is 1. The predicted molar refractivity (Wildman–Crippen MR) is 97.0 cm³/mol. The van der Waals surface area contributed by atoms with Gasteiger partial charge < -0.3 is 9.42 Å². The lowest BCUT2D eigenvalue weighted by Gasteiger charge is -2.21. The molecule has 0 N–H and O–H groups in total. The maximum absolute atomic E-state index is 12.9. The molecule has 150 valence electrons. The quantitative estimate of drug-likeness (QED) is 0.568. The summed E-state index contributed by atoms with van der Waals surface area (Å²) in [5.41, 5.74) is -0.235. The van der Waals surface area contributed by atoms with Crippen molar-refractivity contribution in [2.75, 3.05) is 6.54 Å². The first-order valence-corrected chi connectivity index (χ1v) is 9.14. The molecule has 0 bridgehead atoms. The minimum absolute atomic E-state index is 0.0403. The van der Waals surface area contributed by atoms with Crippen LogP contribution in [0.15, 0.2) is 47.1 Å². The molecule has 0 unspecified atom stereocenters. The van der Waals surface area contributed by atoms with E-state index in [1.165, 1.54) is 24.4 Å². The maximum atomic E-state index is 12.9. The molecule has 1 aliphatic heterocycles. The van der Waals surface area contributed by atoms with Gasteiger partial charge in [-0.1, -0.05) is 28.9 Å². The molecular weight excluding hydrogens is 409 g/mol. The summed E-state index contributed by atoms with van der Waals surface area (Å²) < 4.78 is 44.1. The van der Waals surface area contributed by atoms with Crippen molar-refractivity contribution in [3.8, 4) is 11.4 Å². The Labute approximate surface area is 168 Å². The van der Waals surface area contributed by atoms with Crippen molar-refractivity contribution in [2.24, 2.45) is 0 Å². The minimum Gasteiger partial charge on any atom is -0.337 e. The lowest BCUT2D eigenvalue weighted by molar-refractivity contribution is -0.137. The van der Waals surface area contributed by atoms with E-state index in [4.69, 9.17) is 16.1 Å². The molecular formula is C19H14ClF3N4O2. The highest BCUT2D eigenvalue weighted by Crippen LogP contribution is 2.35. The number of likely N-dealkylation sites (tertiary alicyclic amines) is 1. The molecule has 1 saturated heterocycles. The van der Waals surface area contributed by atoms with E-state index in [0.29, 0.717) is 18.5 Å². The minimum atomic E-state index is -4.47. The third kappa shape index (κ3) is 3.95. The van der Waals surface area contributed by atoms with Crippen LogP contribution in [0.2, 0.25) is 5.15 Å². The van der Waals surface area contributed by atoms with Gasteiger partial charge >= 0.3 is 6.18 Å². The summed E-state index contributed by atoms with van der Waals surface area (Å²) in [6.07, 6.45) is -1.73. The van der Waals surface area contributed by atoms with Crippen molar-refractivity contribution >= 4 is 17.5 Å². The maximum Gasteiger partial charge on any atom is 0.416 e. The van der Waals surface area contributed by atoms with Gasteiger partial charge in [-0.25, -0.2) is 4.98 Å². The van der Waals surface area contributed by atoms with Gasteiger partial charge in [0.05, 0.1) is 11.1 Å². The number of hydrogen-bond donors (Lipinski definition) is 0. The number of carbonyl (C=O) groups is 1. The zero-order chi connectivity index (χ0) is 20.6. The molecule has 0 aliphatic carbocycles. The third-order valence-corrected chi connectivity index (χ3v) is 4.89. The van der Waals surface area contributed by atoms with E-state index in [9.17, 15) is 18.0 Å². The largest absolute Gasteiger partial charge is 0.416 e. The number of hydrogen-bond acceptors (Lipinski definition) is 5. The summed E-state index contributed by atoms with van der Waals surface area (Å²) in [4.78, 5) is 22.6. The lowest BCUT2D eigenvalue weighted by Crippen LogP contribution is -2.30.